The van der Waals surface area contributed by atoms with Crippen LogP contribution in [0, 0.1) is 0 Å². The molecule has 0 saturated carbocycles. The van der Waals surface area contributed by atoms with E-state index in [1.54, 1.807) is 0 Å². The van der Waals surface area contributed by atoms with Gasteiger partial charge in [0.1, 0.15) is 12.7 Å². The molecule has 1 aliphatic rings. The van der Waals surface area contributed by atoms with Crippen molar-refractivity contribution in [2.45, 2.75) is 38.3 Å². The highest BCUT2D eigenvalue weighted by Crippen LogP contribution is 2.26. The number of rotatable bonds is 6. The minimum atomic E-state index is -0.477. The normalized spacial score (nSPS) is 20.8. The number of benzene rings is 1. The highest BCUT2D eigenvalue weighted by Gasteiger charge is 2.21. The van der Waals surface area contributed by atoms with E-state index in [9.17, 15) is 5.11 Å². The largest absolute Gasteiger partial charge is 0.490 e. The number of piperidine rings is 1. The molecule has 0 radical (unpaired) electrons. The number of nitrogens with one attached hydrogen (secondary N) is 1. The molecular weight excluding hydrogens is 242 g/mol. The summed E-state index contributed by atoms with van der Waals surface area (Å²) in [4.78, 5) is 0. The van der Waals surface area contributed by atoms with Crippen molar-refractivity contribution < 1.29 is 14.6 Å². The average Bonchev–Trinajstić information content (AvgIpc) is 2.47. The Morgan fingerprint density at radius 1 is 1.26 bits per heavy atom. The molecule has 1 aromatic carbocycles. The number of hydrogen-bond donors (Lipinski definition) is 2. The second-order valence-corrected chi connectivity index (χ2v) is 4.81. The topological polar surface area (TPSA) is 50.7 Å². The van der Waals surface area contributed by atoms with Gasteiger partial charge >= 0.3 is 0 Å². The Morgan fingerprint density at radius 3 is 2.63 bits per heavy atom. The molecule has 0 aromatic heterocycles. The Bertz CT molecular complexity index is 377. The average molecular weight is 265 g/mol. The SMILES string of the molecule is CCOc1ccccc1OCC(O)C1CCCCN1. The fourth-order valence-corrected chi connectivity index (χ4v) is 2.34. The van der Waals surface area contributed by atoms with Crippen LogP contribution in [-0.4, -0.2) is 37.0 Å². The van der Waals surface area contributed by atoms with Crippen molar-refractivity contribution in [1.82, 2.24) is 5.32 Å². The Balaban J connectivity index is 1.87. The summed E-state index contributed by atoms with van der Waals surface area (Å²) in [6.45, 7) is 3.82. The van der Waals surface area contributed by atoms with Gasteiger partial charge in [0.15, 0.2) is 11.5 Å². The van der Waals surface area contributed by atoms with Crippen molar-refractivity contribution in [2.24, 2.45) is 0 Å². The minimum absolute atomic E-state index is 0.146. The van der Waals surface area contributed by atoms with Crippen LogP contribution in [0.25, 0.3) is 0 Å². The molecule has 2 unspecified atom stereocenters. The molecule has 0 bridgehead atoms. The predicted molar refractivity (Wildman–Crippen MR) is 74.8 cm³/mol. The molecule has 1 aromatic rings. The first-order valence-corrected chi connectivity index (χ1v) is 7.07. The zero-order valence-electron chi connectivity index (χ0n) is 11.5. The quantitative estimate of drug-likeness (QED) is 0.825. The van der Waals surface area contributed by atoms with E-state index in [1.807, 2.05) is 31.2 Å². The second-order valence-electron chi connectivity index (χ2n) is 4.81. The van der Waals surface area contributed by atoms with Crippen LogP contribution < -0.4 is 14.8 Å². The summed E-state index contributed by atoms with van der Waals surface area (Å²) in [6.07, 6.45) is 2.90. The Kier molecular flexibility index (Phi) is 5.48. The van der Waals surface area contributed by atoms with Crippen LogP contribution in [-0.2, 0) is 0 Å². The molecule has 0 aliphatic carbocycles. The van der Waals surface area contributed by atoms with E-state index in [-0.39, 0.29) is 6.04 Å². The van der Waals surface area contributed by atoms with Crippen molar-refractivity contribution >= 4 is 0 Å². The van der Waals surface area contributed by atoms with Crippen LogP contribution in [0.2, 0.25) is 0 Å². The molecule has 4 nitrogen and oxygen atoms in total. The lowest BCUT2D eigenvalue weighted by molar-refractivity contribution is 0.0626. The number of para-hydroxylation sites is 2. The smallest absolute Gasteiger partial charge is 0.161 e. The van der Waals surface area contributed by atoms with Crippen LogP contribution >= 0.6 is 0 Å². The molecular formula is C15H23NO3. The van der Waals surface area contributed by atoms with Crippen LogP contribution in [0.4, 0.5) is 0 Å². The molecule has 2 atom stereocenters. The summed E-state index contributed by atoms with van der Waals surface area (Å²) in [5.41, 5.74) is 0. The lowest BCUT2D eigenvalue weighted by Crippen LogP contribution is -2.45. The molecule has 1 saturated heterocycles. The molecule has 2 N–H and O–H groups in total. The van der Waals surface area contributed by atoms with Gasteiger partial charge < -0.3 is 19.9 Å². The van der Waals surface area contributed by atoms with E-state index in [4.69, 9.17) is 9.47 Å². The predicted octanol–water partition coefficient (Wildman–Crippen LogP) is 1.97. The lowest BCUT2D eigenvalue weighted by atomic mass is 10.0. The molecule has 1 aliphatic heterocycles. The van der Waals surface area contributed by atoms with Crippen molar-refractivity contribution in [3.8, 4) is 11.5 Å². The highest BCUT2D eigenvalue weighted by molar-refractivity contribution is 5.39. The summed E-state index contributed by atoms with van der Waals surface area (Å²) in [6, 6.07) is 7.71. The van der Waals surface area contributed by atoms with Gasteiger partial charge in [0.2, 0.25) is 0 Å². The van der Waals surface area contributed by atoms with Crippen LogP contribution in [0.15, 0.2) is 24.3 Å². The van der Waals surface area contributed by atoms with Gasteiger partial charge in [-0.05, 0) is 38.4 Å². The Hall–Kier alpha value is -1.26. The van der Waals surface area contributed by atoms with Crippen molar-refractivity contribution in [2.75, 3.05) is 19.8 Å². The van der Waals surface area contributed by atoms with Gasteiger partial charge in [-0.1, -0.05) is 18.6 Å². The van der Waals surface area contributed by atoms with Gasteiger partial charge in [0.05, 0.1) is 6.61 Å². The monoisotopic (exact) mass is 265 g/mol. The van der Waals surface area contributed by atoms with Gasteiger partial charge in [0, 0.05) is 6.04 Å². The van der Waals surface area contributed by atoms with E-state index in [2.05, 4.69) is 5.32 Å². The zero-order valence-corrected chi connectivity index (χ0v) is 11.5. The molecule has 1 heterocycles. The molecule has 0 amide bonds. The summed E-state index contributed by atoms with van der Waals surface area (Å²) >= 11 is 0. The van der Waals surface area contributed by atoms with Crippen molar-refractivity contribution in [3.63, 3.8) is 0 Å². The van der Waals surface area contributed by atoms with Crippen LogP contribution in [0.3, 0.4) is 0 Å². The fraction of sp³-hybridized carbons (Fsp3) is 0.600. The standard InChI is InChI=1S/C15H23NO3/c1-2-18-14-8-3-4-9-15(14)19-11-13(17)12-7-5-6-10-16-12/h3-4,8-9,12-13,16-17H,2,5-7,10-11H2,1H3. The zero-order chi connectivity index (χ0) is 13.5. The third-order valence-corrected chi connectivity index (χ3v) is 3.37. The Labute approximate surface area is 114 Å². The van der Waals surface area contributed by atoms with Gasteiger partial charge in [-0.25, -0.2) is 0 Å². The van der Waals surface area contributed by atoms with Crippen molar-refractivity contribution in [3.05, 3.63) is 24.3 Å². The maximum Gasteiger partial charge on any atom is 0.161 e. The summed E-state index contributed by atoms with van der Waals surface area (Å²) < 4.78 is 11.2. The second kappa shape index (κ2) is 7.36. The molecule has 4 heteroatoms. The lowest BCUT2D eigenvalue weighted by Gasteiger charge is -2.28. The van der Waals surface area contributed by atoms with Crippen LogP contribution in [0.1, 0.15) is 26.2 Å². The minimum Gasteiger partial charge on any atom is -0.490 e. The van der Waals surface area contributed by atoms with E-state index >= 15 is 0 Å². The first-order valence-electron chi connectivity index (χ1n) is 7.07. The van der Waals surface area contributed by atoms with Gasteiger partial charge in [-0.15, -0.1) is 0 Å². The van der Waals surface area contributed by atoms with E-state index in [1.165, 1.54) is 12.8 Å². The molecule has 2 rings (SSSR count). The van der Waals surface area contributed by atoms with Gasteiger partial charge in [-0.2, -0.15) is 0 Å². The summed E-state index contributed by atoms with van der Waals surface area (Å²) in [7, 11) is 0. The molecule has 19 heavy (non-hydrogen) atoms. The summed E-state index contributed by atoms with van der Waals surface area (Å²) in [5.74, 6) is 1.42. The third kappa shape index (κ3) is 4.11. The first-order chi connectivity index (χ1) is 9.31. The maximum atomic E-state index is 10.1. The van der Waals surface area contributed by atoms with E-state index in [0.717, 1.165) is 18.7 Å². The first kappa shape index (κ1) is 14.2. The van der Waals surface area contributed by atoms with Crippen molar-refractivity contribution in [1.29, 1.82) is 0 Å². The molecule has 0 spiro atoms. The highest BCUT2D eigenvalue weighted by atomic mass is 16.5. The Morgan fingerprint density at radius 2 is 2.00 bits per heavy atom. The van der Waals surface area contributed by atoms with E-state index in [0.29, 0.717) is 19.0 Å². The summed E-state index contributed by atoms with van der Waals surface area (Å²) in [5, 5.41) is 13.5. The number of aliphatic hydroxyl groups is 1. The maximum absolute atomic E-state index is 10.1. The number of ether oxygens (including phenoxy) is 2. The third-order valence-electron chi connectivity index (χ3n) is 3.37. The van der Waals surface area contributed by atoms with E-state index < -0.39 is 6.10 Å². The number of aliphatic hydroxyl groups excluding tert-OH is 1. The van der Waals surface area contributed by atoms with Crippen LogP contribution in [0.5, 0.6) is 11.5 Å². The molecule has 106 valence electrons. The molecule has 1 fully saturated rings. The number of hydrogen-bond acceptors (Lipinski definition) is 4. The van der Waals surface area contributed by atoms with Gasteiger partial charge in [-0.3, -0.25) is 0 Å². The fourth-order valence-electron chi connectivity index (χ4n) is 2.34. The van der Waals surface area contributed by atoms with Gasteiger partial charge in [0.25, 0.3) is 0 Å².